The van der Waals surface area contributed by atoms with Gasteiger partial charge in [-0.2, -0.15) is 0 Å². The highest BCUT2D eigenvalue weighted by molar-refractivity contribution is 9.10. The van der Waals surface area contributed by atoms with E-state index < -0.39 is 0 Å². The molecule has 0 N–H and O–H groups in total. The van der Waals surface area contributed by atoms with E-state index >= 15 is 0 Å². The average molecular weight is 330 g/mol. The van der Waals surface area contributed by atoms with Crippen molar-refractivity contribution in [2.24, 2.45) is 0 Å². The summed E-state index contributed by atoms with van der Waals surface area (Å²) >= 11 is 3.50. The first kappa shape index (κ1) is 13.4. The van der Waals surface area contributed by atoms with Crippen LogP contribution in [0.2, 0.25) is 0 Å². The SMILES string of the molecule is Cc1ccc(CN2Cc3cc(Br)cc(C)c3C2=O)cc1. The van der Waals surface area contributed by atoms with Gasteiger partial charge in [0.15, 0.2) is 0 Å². The molecule has 0 saturated heterocycles. The van der Waals surface area contributed by atoms with Gasteiger partial charge in [-0.1, -0.05) is 45.8 Å². The monoisotopic (exact) mass is 329 g/mol. The van der Waals surface area contributed by atoms with Gasteiger partial charge in [-0.15, -0.1) is 0 Å². The molecule has 3 rings (SSSR count). The van der Waals surface area contributed by atoms with Crippen LogP contribution in [0.3, 0.4) is 0 Å². The van der Waals surface area contributed by atoms with Gasteiger partial charge in [-0.3, -0.25) is 4.79 Å². The molecule has 0 fully saturated rings. The van der Waals surface area contributed by atoms with Crippen molar-refractivity contribution in [1.82, 2.24) is 4.90 Å². The van der Waals surface area contributed by atoms with Crippen LogP contribution in [0.4, 0.5) is 0 Å². The maximum Gasteiger partial charge on any atom is 0.255 e. The van der Waals surface area contributed by atoms with E-state index in [0.29, 0.717) is 13.1 Å². The molecule has 1 aliphatic heterocycles. The molecule has 1 aliphatic rings. The normalized spacial score (nSPS) is 13.8. The van der Waals surface area contributed by atoms with Gasteiger partial charge >= 0.3 is 0 Å². The maximum atomic E-state index is 12.5. The van der Waals surface area contributed by atoms with Crippen LogP contribution >= 0.6 is 15.9 Å². The Hall–Kier alpha value is -1.61. The van der Waals surface area contributed by atoms with Gasteiger partial charge in [0.1, 0.15) is 0 Å². The summed E-state index contributed by atoms with van der Waals surface area (Å²) in [6.07, 6.45) is 0. The van der Waals surface area contributed by atoms with E-state index in [2.05, 4.69) is 53.2 Å². The number of fused-ring (bicyclic) bond motifs is 1. The summed E-state index contributed by atoms with van der Waals surface area (Å²) in [7, 11) is 0. The minimum absolute atomic E-state index is 0.144. The number of carbonyl (C=O) groups is 1. The van der Waals surface area contributed by atoms with Crippen LogP contribution in [0.15, 0.2) is 40.9 Å². The number of carbonyl (C=O) groups excluding carboxylic acids is 1. The maximum absolute atomic E-state index is 12.5. The Bertz CT molecular complexity index is 676. The summed E-state index contributed by atoms with van der Waals surface area (Å²) in [5.41, 5.74) is 5.46. The van der Waals surface area contributed by atoms with E-state index in [4.69, 9.17) is 0 Å². The summed E-state index contributed by atoms with van der Waals surface area (Å²) < 4.78 is 1.04. The van der Waals surface area contributed by atoms with Gasteiger partial charge < -0.3 is 4.90 Å². The Kier molecular flexibility index (Phi) is 3.38. The highest BCUT2D eigenvalue weighted by Gasteiger charge is 2.29. The number of benzene rings is 2. The topological polar surface area (TPSA) is 20.3 Å². The van der Waals surface area contributed by atoms with E-state index in [1.807, 2.05) is 17.9 Å². The molecule has 102 valence electrons. The number of halogens is 1. The van der Waals surface area contributed by atoms with E-state index in [9.17, 15) is 4.79 Å². The Labute approximate surface area is 127 Å². The third-order valence-corrected chi connectivity index (χ3v) is 4.20. The van der Waals surface area contributed by atoms with Crippen LogP contribution in [0.25, 0.3) is 0 Å². The summed E-state index contributed by atoms with van der Waals surface area (Å²) in [5.74, 6) is 0.144. The number of aryl methyl sites for hydroxylation is 2. The molecule has 0 aromatic heterocycles. The zero-order valence-electron chi connectivity index (χ0n) is 11.6. The van der Waals surface area contributed by atoms with Crippen molar-refractivity contribution in [2.75, 3.05) is 0 Å². The van der Waals surface area contributed by atoms with Crippen LogP contribution in [0.5, 0.6) is 0 Å². The molecule has 20 heavy (non-hydrogen) atoms. The van der Waals surface area contributed by atoms with Gasteiger partial charge in [-0.25, -0.2) is 0 Å². The molecule has 0 radical (unpaired) electrons. The zero-order valence-corrected chi connectivity index (χ0v) is 13.2. The van der Waals surface area contributed by atoms with Crippen LogP contribution < -0.4 is 0 Å². The van der Waals surface area contributed by atoms with Crippen molar-refractivity contribution in [3.8, 4) is 0 Å². The van der Waals surface area contributed by atoms with Gasteiger partial charge in [0, 0.05) is 23.1 Å². The predicted molar refractivity (Wildman–Crippen MR) is 83.6 cm³/mol. The fourth-order valence-electron chi connectivity index (χ4n) is 2.72. The van der Waals surface area contributed by atoms with Crippen molar-refractivity contribution >= 4 is 21.8 Å². The van der Waals surface area contributed by atoms with Crippen molar-refractivity contribution in [3.63, 3.8) is 0 Å². The lowest BCUT2D eigenvalue weighted by molar-refractivity contribution is 0.0766. The van der Waals surface area contributed by atoms with Crippen molar-refractivity contribution in [1.29, 1.82) is 0 Å². The molecule has 3 heteroatoms. The second kappa shape index (κ2) is 5.06. The van der Waals surface area contributed by atoms with E-state index in [1.54, 1.807) is 0 Å². The standard InChI is InChI=1S/C17H16BrNO/c1-11-3-5-13(6-4-11)9-19-10-14-8-15(18)7-12(2)16(14)17(19)20/h3-8H,9-10H2,1-2H3. The lowest BCUT2D eigenvalue weighted by Crippen LogP contribution is -2.23. The predicted octanol–water partition coefficient (Wildman–Crippen LogP) is 4.22. The summed E-state index contributed by atoms with van der Waals surface area (Å²) in [6, 6.07) is 12.4. The molecule has 0 aliphatic carbocycles. The van der Waals surface area contributed by atoms with E-state index in [1.165, 1.54) is 11.1 Å². The first-order valence-corrected chi connectivity index (χ1v) is 7.48. The van der Waals surface area contributed by atoms with Crippen LogP contribution in [-0.2, 0) is 13.1 Å². The first-order valence-electron chi connectivity index (χ1n) is 6.68. The van der Waals surface area contributed by atoms with Gasteiger partial charge in [-0.05, 0) is 42.7 Å². The summed E-state index contributed by atoms with van der Waals surface area (Å²) in [4.78, 5) is 14.4. The molecule has 0 unspecified atom stereocenters. The molecule has 0 saturated carbocycles. The average Bonchev–Trinajstić information content (AvgIpc) is 2.69. The Morgan fingerprint density at radius 2 is 1.85 bits per heavy atom. The van der Waals surface area contributed by atoms with Gasteiger partial charge in [0.05, 0.1) is 0 Å². The molecule has 2 aromatic carbocycles. The number of rotatable bonds is 2. The number of nitrogens with zero attached hydrogens (tertiary/aromatic N) is 1. The van der Waals surface area contributed by atoms with Crippen molar-refractivity contribution in [3.05, 3.63) is 68.7 Å². The highest BCUT2D eigenvalue weighted by atomic mass is 79.9. The lowest BCUT2D eigenvalue weighted by atomic mass is 10.0. The second-order valence-electron chi connectivity index (χ2n) is 5.40. The minimum atomic E-state index is 0.144. The van der Waals surface area contributed by atoms with Crippen LogP contribution in [0, 0.1) is 13.8 Å². The van der Waals surface area contributed by atoms with Gasteiger partial charge in [0.25, 0.3) is 5.91 Å². The smallest absolute Gasteiger partial charge is 0.255 e. The number of amides is 1. The molecule has 0 spiro atoms. The Morgan fingerprint density at radius 1 is 1.15 bits per heavy atom. The van der Waals surface area contributed by atoms with Crippen LogP contribution in [0.1, 0.15) is 32.6 Å². The van der Waals surface area contributed by atoms with E-state index in [0.717, 1.165) is 21.2 Å². The van der Waals surface area contributed by atoms with Crippen molar-refractivity contribution in [2.45, 2.75) is 26.9 Å². The molecule has 1 amide bonds. The molecule has 0 bridgehead atoms. The minimum Gasteiger partial charge on any atom is -0.330 e. The zero-order chi connectivity index (χ0) is 14.3. The molecular formula is C17H16BrNO. The number of hydrogen-bond acceptors (Lipinski definition) is 1. The highest BCUT2D eigenvalue weighted by Crippen LogP contribution is 2.30. The molecular weight excluding hydrogens is 314 g/mol. The summed E-state index contributed by atoms with van der Waals surface area (Å²) in [6.45, 7) is 5.44. The summed E-state index contributed by atoms with van der Waals surface area (Å²) in [5, 5.41) is 0. The number of hydrogen-bond donors (Lipinski definition) is 0. The van der Waals surface area contributed by atoms with Crippen LogP contribution in [-0.4, -0.2) is 10.8 Å². The largest absolute Gasteiger partial charge is 0.330 e. The first-order chi connectivity index (χ1) is 9.54. The van der Waals surface area contributed by atoms with Crippen molar-refractivity contribution < 1.29 is 4.79 Å². The third-order valence-electron chi connectivity index (χ3n) is 3.74. The quantitative estimate of drug-likeness (QED) is 0.807. The second-order valence-corrected chi connectivity index (χ2v) is 6.32. The van der Waals surface area contributed by atoms with Gasteiger partial charge in [0.2, 0.25) is 0 Å². The third kappa shape index (κ3) is 2.38. The molecule has 0 atom stereocenters. The Balaban J connectivity index is 1.87. The molecule has 2 nitrogen and oxygen atoms in total. The fourth-order valence-corrected chi connectivity index (χ4v) is 3.34. The van der Waals surface area contributed by atoms with E-state index in [-0.39, 0.29) is 5.91 Å². The lowest BCUT2D eigenvalue weighted by Gasteiger charge is -2.15. The molecule has 2 aromatic rings. The Morgan fingerprint density at radius 3 is 2.55 bits per heavy atom. The molecule has 1 heterocycles. The fraction of sp³-hybridized carbons (Fsp3) is 0.235.